The smallest absolute Gasteiger partial charge is 0.238 e. The molecule has 0 saturated heterocycles. The second-order valence-corrected chi connectivity index (χ2v) is 9.94. The Morgan fingerprint density at radius 1 is 1.28 bits per heavy atom. The predicted octanol–water partition coefficient (Wildman–Crippen LogP) is 3.43. The predicted molar refractivity (Wildman–Crippen MR) is 114 cm³/mol. The van der Waals surface area contributed by atoms with Crippen LogP contribution in [0.5, 0.6) is 0 Å². The topological polar surface area (TPSA) is 100.0 Å². The number of aryl methyl sites for hydroxylation is 2. The van der Waals surface area contributed by atoms with E-state index in [0.717, 1.165) is 22.5 Å². The molecule has 154 valence electrons. The van der Waals surface area contributed by atoms with Crippen LogP contribution in [0.4, 0.5) is 0 Å². The summed E-state index contributed by atoms with van der Waals surface area (Å²) < 4.78 is 27.5. The number of Topliss-reactive ketones (excluding diaryl/α,β-unsaturated/α-hetero) is 1. The van der Waals surface area contributed by atoms with Gasteiger partial charge in [-0.2, -0.15) is 0 Å². The number of benzene rings is 1. The van der Waals surface area contributed by atoms with Crippen molar-refractivity contribution in [3.63, 3.8) is 0 Å². The molecule has 1 aliphatic rings. The third kappa shape index (κ3) is 3.74. The second kappa shape index (κ2) is 7.30. The van der Waals surface area contributed by atoms with E-state index in [9.17, 15) is 13.2 Å². The van der Waals surface area contributed by atoms with Crippen molar-refractivity contribution >= 4 is 38.6 Å². The number of carbonyl (C=O) groups is 1. The lowest BCUT2D eigenvalue weighted by Crippen LogP contribution is -2.11. The molecular weight excluding hydrogens is 408 g/mol. The van der Waals surface area contributed by atoms with Gasteiger partial charge in [-0.15, -0.1) is 0 Å². The fraction of sp³-hybridized carbons (Fsp3) is 0.400. The Labute approximate surface area is 174 Å². The zero-order chi connectivity index (χ0) is 20.9. The second-order valence-electron chi connectivity index (χ2n) is 7.43. The number of nitrogens with two attached hydrogens (primary N) is 1. The number of hydrogen-bond acceptors (Lipinski definition) is 5. The number of primary sulfonamides is 1. The normalized spacial score (nSPS) is 14.6. The number of fused-ring (bicyclic) bond motifs is 1. The van der Waals surface area contributed by atoms with Crippen molar-refractivity contribution in [3.05, 3.63) is 41.2 Å². The summed E-state index contributed by atoms with van der Waals surface area (Å²) in [5.74, 6) is 0.357. The fourth-order valence-corrected chi connectivity index (χ4v) is 5.34. The number of hydrogen-bond donors (Lipinski definition) is 1. The van der Waals surface area contributed by atoms with E-state index in [1.165, 1.54) is 36.7 Å². The van der Waals surface area contributed by atoms with Crippen LogP contribution in [0.15, 0.2) is 34.3 Å². The number of aromatic nitrogens is 3. The van der Waals surface area contributed by atoms with E-state index in [1.54, 1.807) is 6.07 Å². The highest BCUT2D eigenvalue weighted by atomic mass is 32.2. The van der Waals surface area contributed by atoms with E-state index in [2.05, 4.69) is 16.5 Å². The number of rotatable bonds is 7. The summed E-state index contributed by atoms with van der Waals surface area (Å²) >= 11 is 1.37. The quantitative estimate of drug-likeness (QED) is 0.455. The minimum atomic E-state index is -3.79. The van der Waals surface area contributed by atoms with E-state index < -0.39 is 10.0 Å². The Hall–Kier alpha value is -2.10. The molecule has 3 aromatic rings. The third-order valence-electron chi connectivity index (χ3n) is 5.36. The Bertz CT molecular complexity index is 1220. The van der Waals surface area contributed by atoms with Gasteiger partial charge in [0.25, 0.3) is 0 Å². The first-order valence-corrected chi connectivity index (χ1v) is 12.1. The molecule has 1 fully saturated rings. The number of imidazole rings is 1. The van der Waals surface area contributed by atoms with Gasteiger partial charge >= 0.3 is 0 Å². The molecule has 0 radical (unpaired) electrons. The average molecular weight is 433 g/mol. The number of nitrogens with zero attached hydrogens (tertiary/aromatic N) is 3. The molecule has 7 nitrogen and oxygen atoms in total. The molecule has 0 amide bonds. The van der Waals surface area contributed by atoms with Crippen LogP contribution in [-0.4, -0.2) is 34.1 Å². The number of ketones is 1. The molecule has 29 heavy (non-hydrogen) atoms. The van der Waals surface area contributed by atoms with Crippen molar-refractivity contribution in [1.29, 1.82) is 0 Å². The molecule has 0 aliphatic heterocycles. The molecule has 0 spiro atoms. The van der Waals surface area contributed by atoms with Crippen molar-refractivity contribution in [1.82, 2.24) is 14.1 Å². The van der Waals surface area contributed by atoms with Crippen LogP contribution in [0, 0.1) is 13.8 Å². The van der Waals surface area contributed by atoms with Gasteiger partial charge in [0.15, 0.2) is 10.9 Å². The van der Waals surface area contributed by atoms with Crippen LogP contribution < -0.4 is 5.14 Å². The molecule has 0 atom stereocenters. The van der Waals surface area contributed by atoms with Crippen LogP contribution in [0.3, 0.4) is 0 Å². The summed E-state index contributed by atoms with van der Waals surface area (Å²) in [6.45, 7) is 6.72. The van der Waals surface area contributed by atoms with Crippen molar-refractivity contribution < 1.29 is 13.2 Å². The number of sulfonamides is 1. The Morgan fingerprint density at radius 3 is 2.62 bits per heavy atom. The van der Waals surface area contributed by atoms with Crippen molar-refractivity contribution in [2.24, 2.45) is 5.14 Å². The monoisotopic (exact) mass is 432 g/mol. The maximum absolute atomic E-state index is 12.9. The van der Waals surface area contributed by atoms with E-state index in [4.69, 9.17) is 5.14 Å². The van der Waals surface area contributed by atoms with Crippen LogP contribution in [0.25, 0.3) is 11.0 Å². The van der Waals surface area contributed by atoms with Gasteiger partial charge in [-0.1, -0.05) is 11.8 Å². The van der Waals surface area contributed by atoms with Gasteiger partial charge in [0.05, 0.1) is 21.7 Å². The van der Waals surface area contributed by atoms with Gasteiger partial charge in [-0.25, -0.2) is 18.5 Å². The maximum atomic E-state index is 12.9. The van der Waals surface area contributed by atoms with Crippen molar-refractivity contribution in [2.45, 2.75) is 56.3 Å². The highest BCUT2D eigenvalue weighted by Crippen LogP contribution is 2.38. The molecule has 0 bridgehead atoms. The van der Waals surface area contributed by atoms with Crippen LogP contribution in [0.2, 0.25) is 0 Å². The summed E-state index contributed by atoms with van der Waals surface area (Å²) in [4.78, 5) is 17.5. The lowest BCUT2D eigenvalue weighted by Gasteiger charge is -2.08. The molecule has 2 N–H and O–H groups in total. The SMILES string of the molecule is CCn1c(SCC(=O)c2cc(C)n(C3CC3)c2C)nc2cc(S(N)(=O)=O)ccc21. The summed E-state index contributed by atoms with van der Waals surface area (Å²) in [5.41, 5.74) is 4.33. The summed E-state index contributed by atoms with van der Waals surface area (Å²) in [6.07, 6.45) is 2.36. The highest BCUT2D eigenvalue weighted by molar-refractivity contribution is 7.99. The molecule has 9 heteroatoms. The van der Waals surface area contributed by atoms with Gasteiger partial charge in [-0.3, -0.25) is 4.79 Å². The first-order valence-electron chi connectivity index (χ1n) is 9.58. The lowest BCUT2D eigenvalue weighted by molar-refractivity contribution is 0.102. The highest BCUT2D eigenvalue weighted by Gasteiger charge is 2.28. The van der Waals surface area contributed by atoms with Gasteiger partial charge in [-0.05, 0) is 57.9 Å². The fourth-order valence-electron chi connectivity index (χ4n) is 3.84. The molecule has 1 aromatic carbocycles. The molecule has 1 saturated carbocycles. The molecule has 2 aromatic heterocycles. The Morgan fingerprint density at radius 2 is 2.00 bits per heavy atom. The summed E-state index contributed by atoms with van der Waals surface area (Å²) in [6, 6.07) is 7.20. The molecule has 4 rings (SSSR count). The summed E-state index contributed by atoms with van der Waals surface area (Å²) in [7, 11) is -3.79. The van der Waals surface area contributed by atoms with Gasteiger partial charge in [0, 0.05) is 29.5 Å². The van der Waals surface area contributed by atoms with Gasteiger partial charge in [0.1, 0.15) is 0 Å². The first-order chi connectivity index (χ1) is 13.7. The van der Waals surface area contributed by atoms with E-state index in [-0.39, 0.29) is 16.4 Å². The van der Waals surface area contributed by atoms with E-state index in [1.807, 2.05) is 24.5 Å². The molecular formula is C20H24N4O3S2. The van der Waals surface area contributed by atoms with Crippen LogP contribution in [0.1, 0.15) is 47.6 Å². The number of thioether (sulfide) groups is 1. The Balaban J connectivity index is 1.59. The maximum Gasteiger partial charge on any atom is 0.238 e. The van der Waals surface area contributed by atoms with Crippen molar-refractivity contribution in [2.75, 3.05) is 5.75 Å². The zero-order valence-corrected chi connectivity index (χ0v) is 18.3. The summed E-state index contributed by atoms with van der Waals surface area (Å²) in [5, 5.41) is 5.92. The molecule has 1 aliphatic carbocycles. The van der Waals surface area contributed by atoms with Crippen LogP contribution in [-0.2, 0) is 16.6 Å². The van der Waals surface area contributed by atoms with Crippen molar-refractivity contribution in [3.8, 4) is 0 Å². The third-order valence-corrected chi connectivity index (χ3v) is 7.25. The van der Waals surface area contributed by atoms with E-state index >= 15 is 0 Å². The van der Waals surface area contributed by atoms with Gasteiger partial charge < -0.3 is 9.13 Å². The molecule has 2 heterocycles. The minimum Gasteiger partial charge on any atom is -0.345 e. The zero-order valence-electron chi connectivity index (χ0n) is 16.7. The minimum absolute atomic E-state index is 0.0332. The first kappa shape index (κ1) is 20.2. The molecule has 0 unspecified atom stereocenters. The van der Waals surface area contributed by atoms with Gasteiger partial charge in [0.2, 0.25) is 10.0 Å². The van der Waals surface area contributed by atoms with Crippen LogP contribution >= 0.6 is 11.8 Å². The average Bonchev–Trinajstić information content (AvgIpc) is 3.35. The van der Waals surface area contributed by atoms with E-state index in [0.29, 0.717) is 23.3 Å². The lowest BCUT2D eigenvalue weighted by atomic mass is 10.2. The largest absolute Gasteiger partial charge is 0.345 e. The number of carbonyl (C=O) groups excluding carboxylic acids is 1. The standard InChI is InChI=1S/C20H24N4O3S2/c1-4-23-18-8-7-15(29(21,26)27)10-17(18)22-20(23)28-11-19(25)16-9-12(2)24(13(16)3)14-5-6-14/h7-10,14H,4-6,11H2,1-3H3,(H2,21,26,27). The Kier molecular flexibility index (Phi) is 5.08.